The van der Waals surface area contributed by atoms with Crippen molar-refractivity contribution in [2.75, 3.05) is 58.0 Å². The summed E-state index contributed by atoms with van der Waals surface area (Å²) in [7, 11) is 1.03. The van der Waals surface area contributed by atoms with Crippen LogP contribution in [-0.4, -0.2) is 80.5 Å². The van der Waals surface area contributed by atoms with Crippen LogP contribution in [0.3, 0.4) is 0 Å². The molecule has 0 bridgehead atoms. The minimum absolute atomic E-state index is 0.0255. The Morgan fingerprint density at radius 2 is 1.75 bits per heavy atom. The van der Waals surface area contributed by atoms with Crippen LogP contribution < -0.4 is 0 Å². The van der Waals surface area contributed by atoms with E-state index in [9.17, 15) is 8.42 Å². The van der Waals surface area contributed by atoms with Gasteiger partial charge >= 0.3 is 0 Å². The maximum atomic E-state index is 11.6. The number of hydrogen-bond acceptors (Lipinski definition) is 4. The Balaban J connectivity index is 2.34. The zero-order valence-corrected chi connectivity index (χ0v) is 12.3. The molecular formula is C9H20BrN3O2S. The third-order valence-electron chi connectivity index (χ3n) is 2.73. The molecule has 96 valence electrons. The number of piperazine rings is 1. The Labute approximate surface area is 107 Å². The standard InChI is InChI=1S/C9H20BrN3O2S/c1-11(2)3-4-12-5-7-13(8-6-12)16(14,15)9-10/h3-9H2,1-2H3. The lowest BCUT2D eigenvalue weighted by Gasteiger charge is -2.34. The maximum absolute atomic E-state index is 11.6. The molecule has 0 aromatic heterocycles. The van der Waals surface area contributed by atoms with Crippen molar-refractivity contribution < 1.29 is 8.42 Å². The van der Waals surface area contributed by atoms with E-state index in [0.717, 1.165) is 26.2 Å². The molecule has 0 N–H and O–H groups in total. The molecule has 0 spiro atoms. The summed E-state index contributed by atoms with van der Waals surface area (Å²) in [6.07, 6.45) is 0. The van der Waals surface area contributed by atoms with Crippen molar-refractivity contribution in [1.82, 2.24) is 14.1 Å². The molecule has 0 unspecified atom stereocenters. The van der Waals surface area contributed by atoms with Gasteiger partial charge in [0.2, 0.25) is 10.0 Å². The topological polar surface area (TPSA) is 43.9 Å². The van der Waals surface area contributed by atoms with Crippen LogP contribution >= 0.6 is 15.9 Å². The predicted molar refractivity (Wildman–Crippen MR) is 69.3 cm³/mol. The first kappa shape index (κ1) is 14.4. The Kier molecular flexibility index (Phi) is 5.66. The van der Waals surface area contributed by atoms with Gasteiger partial charge in [-0.1, -0.05) is 15.9 Å². The van der Waals surface area contributed by atoms with Crippen LogP contribution in [0.25, 0.3) is 0 Å². The number of nitrogens with zero attached hydrogens (tertiary/aromatic N) is 3. The lowest BCUT2D eigenvalue weighted by molar-refractivity contribution is 0.175. The molecule has 0 amide bonds. The van der Waals surface area contributed by atoms with E-state index in [-0.39, 0.29) is 4.66 Å². The summed E-state index contributed by atoms with van der Waals surface area (Å²) in [5.41, 5.74) is 0. The van der Waals surface area contributed by atoms with E-state index >= 15 is 0 Å². The summed E-state index contributed by atoms with van der Waals surface area (Å²) in [4.78, 5) is 4.45. The van der Waals surface area contributed by atoms with Crippen LogP contribution in [0.4, 0.5) is 0 Å². The maximum Gasteiger partial charge on any atom is 0.224 e. The number of rotatable bonds is 5. The first-order valence-corrected chi connectivity index (χ1v) is 8.09. The van der Waals surface area contributed by atoms with E-state index in [1.54, 1.807) is 4.31 Å². The van der Waals surface area contributed by atoms with Crippen molar-refractivity contribution in [3.8, 4) is 0 Å². The molecule has 0 aromatic carbocycles. The van der Waals surface area contributed by atoms with Gasteiger partial charge in [0.15, 0.2) is 0 Å². The Hall–Kier alpha value is 0.310. The zero-order chi connectivity index (χ0) is 12.2. The highest BCUT2D eigenvalue weighted by Crippen LogP contribution is 2.09. The lowest BCUT2D eigenvalue weighted by Crippen LogP contribution is -2.50. The molecule has 0 atom stereocenters. The van der Waals surface area contributed by atoms with Gasteiger partial charge in [-0.15, -0.1) is 0 Å². The molecule has 1 aliphatic rings. The molecule has 1 rings (SSSR count). The number of alkyl halides is 1. The van der Waals surface area contributed by atoms with Gasteiger partial charge in [-0.25, -0.2) is 8.42 Å². The third kappa shape index (κ3) is 4.29. The Bertz CT molecular complexity index is 300. The number of hydrogen-bond donors (Lipinski definition) is 0. The molecule has 16 heavy (non-hydrogen) atoms. The second-order valence-corrected chi connectivity index (χ2v) is 7.54. The highest BCUT2D eigenvalue weighted by atomic mass is 79.9. The van der Waals surface area contributed by atoms with Gasteiger partial charge in [0.05, 0.1) is 0 Å². The first-order valence-electron chi connectivity index (χ1n) is 5.36. The largest absolute Gasteiger partial charge is 0.308 e. The van der Waals surface area contributed by atoms with Crippen molar-refractivity contribution >= 4 is 26.0 Å². The van der Waals surface area contributed by atoms with Crippen LogP contribution in [0, 0.1) is 0 Å². The van der Waals surface area contributed by atoms with E-state index in [0.29, 0.717) is 13.1 Å². The zero-order valence-electron chi connectivity index (χ0n) is 9.89. The second-order valence-electron chi connectivity index (χ2n) is 4.26. The SMILES string of the molecule is CN(C)CCN1CCN(S(=O)(=O)CBr)CC1. The molecule has 0 aliphatic carbocycles. The highest BCUT2D eigenvalue weighted by molar-refractivity contribution is 9.10. The summed E-state index contributed by atoms with van der Waals surface area (Å²) >= 11 is 3.02. The molecule has 1 heterocycles. The molecule has 1 fully saturated rings. The smallest absolute Gasteiger partial charge is 0.224 e. The summed E-state index contributed by atoms with van der Waals surface area (Å²) < 4.78 is 24.7. The first-order chi connectivity index (χ1) is 7.45. The van der Waals surface area contributed by atoms with Gasteiger partial charge in [0, 0.05) is 39.3 Å². The van der Waals surface area contributed by atoms with Crippen LogP contribution in [0.15, 0.2) is 0 Å². The highest BCUT2D eigenvalue weighted by Gasteiger charge is 2.25. The van der Waals surface area contributed by atoms with E-state index in [4.69, 9.17) is 0 Å². The third-order valence-corrected chi connectivity index (χ3v) is 5.89. The molecule has 0 saturated carbocycles. The fourth-order valence-electron chi connectivity index (χ4n) is 1.64. The van der Waals surface area contributed by atoms with Crippen molar-refractivity contribution in [2.24, 2.45) is 0 Å². The van der Waals surface area contributed by atoms with Crippen molar-refractivity contribution in [1.29, 1.82) is 0 Å². The van der Waals surface area contributed by atoms with Crippen LogP contribution in [-0.2, 0) is 10.0 Å². The minimum atomic E-state index is -3.06. The monoisotopic (exact) mass is 313 g/mol. The summed E-state index contributed by atoms with van der Waals surface area (Å²) in [5.74, 6) is 0. The van der Waals surface area contributed by atoms with Crippen LogP contribution in [0.5, 0.6) is 0 Å². The van der Waals surface area contributed by atoms with Crippen LogP contribution in [0.1, 0.15) is 0 Å². The van der Waals surface area contributed by atoms with Crippen molar-refractivity contribution in [3.05, 3.63) is 0 Å². The molecule has 1 aliphatic heterocycles. The quantitative estimate of drug-likeness (QED) is 0.662. The molecule has 1 saturated heterocycles. The van der Waals surface area contributed by atoms with Gasteiger partial charge in [-0.05, 0) is 14.1 Å². The summed E-state index contributed by atoms with van der Waals surface area (Å²) in [6, 6.07) is 0. The normalized spacial score (nSPS) is 20.5. The van der Waals surface area contributed by atoms with Gasteiger partial charge in [-0.2, -0.15) is 4.31 Å². The number of sulfonamides is 1. The Morgan fingerprint density at radius 3 is 2.19 bits per heavy atom. The van der Waals surface area contributed by atoms with E-state index < -0.39 is 10.0 Å². The number of halogens is 1. The van der Waals surface area contributed by atoms with Gasteiger partial charge < -0.3 is 4.90 Å². The van der Waals surface area contributed by atoms with E-state index in [1.807, 2.05) is 14.1 Å². The summed E-state index contributed by atoms with van der Waals surface area (Å²) in [5, 5.41) is 0. The fourth-order valence-corrected chi connectivity index (χ4v) is 3.37. The van der Waals surface area contributed by atoms with Crippen molar-refractivity contribution in [2.45, 2.75) is 0 Å². The van der Waals surface area contributed by atoms with Crippen LogP contribution in [0.2, 0.25) is 0 Å². The van der Waals surface area contributed by atoms with Gasteiger partial charge in [0.25, 0.3) is 0 Å². The molecule has 7 heteroatoms. The van der Waals surface area contributed by atoms with E-state index in [1.165, 1.54) is 0 Å². The van der Waals surface area contributed by atoms with E-state index in [2.05, 4.69) is 25.7 Å². The molecule has 5 nitrogen and oxygen atoms in total. The van der Waals surface area contributed by atoms with Gasteiger partial charge in [0.1, 0.15) is 4.66 Å². The van der Waals surface area contributed by atoms with Gasteiger partial charge in [-0.3, -0.25) is 4.90 Å². The average molecular weight is 314 g/mol. The molecule has 0 radical (unpaired) electrons. The van der Waals surface area contributed by atoms with Crippen molar-refractivity contribution in [3.63, 3.8) is 0 Å². The summed E-state index contributed by atoms with van der Waals surface area (Å²) in [6.45, 7) is 4.92. The predicted octanol–water partition coefficient (Wildman–Crippen LogP) is -0.152. The second kappa shape index (κ2) is 6.30. The lowest BCUT2D eigenvalue weighted by atomic mass is 10.3. The number of likely N-dealkylation sites (N-methyl/N-ethyl adjacent to an activating group) is 1. The average Bonchev–Trinajstić information content (AvgIpc) is 2.27. The fraction of sp³-hybridized carbons (Fsp3) is 1.00. The Morgan fingerprint density at radius 1 is 1.19 bits per heavy atom. The minimum Gasteiger partial charge on any atom is -0.308 e. The molecular weight excluding hydrogens is 294 g/mol. The molecule has 0 aromatic rings.